The molecule has 1 aromatic rings. The Hall–Kier alpha value is -2.08. The normalized spacial score (nSPS) is 11.2. The molecule has 0 amide bonds. The molecule has 1 rings (SSSR count). The lowest BCUT2D eigenvalue weighted by atomic mass is 10.0. The molecule has 0 heterocycles. The molecule has 1 atom stereocenters. The lowest BCUT2D eigenvalue weighted by Gasteiger charge is -2.11. The van der Waals surface area contributed by atoms with Crippen molar-refractivity contribution in [2.45, 2.75) is 12.8 Å². The van der Waals surface area contributed by atoms with Gasteiger partial charge in [-0.25, -0.2) is 4.79 Å². The Labute approximate surface area is 95.0 Å². The van der Waals surface area contributed by atoms with Crippen LogP contribution in [0, 0.1) is 11.3 Å². The highest BCUT2D eigenvalue weighted by molar-refractivity contribution is 5.91. The molecule has 0 N–H and O–H groups in total. The monoisotopic (exact) mass is 215 g/mol. The Kier molecular flexibility index (Phi) is 4.28. The van der Waals surface area contributed by atoms with E-state index in [0.717, 1.165) is 5.56 Å². The summed E-state index contributed by atoms with van der Waals surface area (Å²) in [5.74, 6) is -0.540. The summed E-state index contributed by atoms with van der Waals surface area (Å²) < 4.78 is 4.95. The second-order valence-corrected chi connectivity index (χ2v) is 3.50. The van der Waals surface area contributed by atoms with Crippen molar-refractivity contribution >= 4 is 5.97 Å². The molecule has 3 heteroatoms. The summed E-state index contributed by atoms with van der Waals surface area (Å²) in [5, 5.41) is 8.44. The van der Waals surface area contributed by atoms with Crippen LogP contribution in [0.25, 0.3) is 0 Å². The topological polar surface area (TPSA) is 50.1 Å². The number of esters is 1. The smallest absolute Gasteiger partial charge is 0.348 e. The number of rotatable bonds is 4. The first-order valence-corrected chi connectivity index (χ1v) is 4.96. The zero-order valence-corrected chi connectivity index (χ0v) is 9.14. The lowest BCUT2D eigenvalue weighted by molar-refractivity contribution is -0.138. The lowest BCUT2D eigenvalue weighted by Crippen LogP contribution is -2.11. The second-order valence-electron chi connectivity index (χ2n) is 3.50. The Morgan fingerprint density at radius 1 is 1.50 bits per heavy atom. The summed E-state index contributed by atoms with van der Waals surface area (Å²) in [6.45, 7) is 5.50. The van der Waals surface area contributed by atoms with Gasteiger partial charge in [-0.15, -0.1) is 0 Å². The van der Waals surface area contributed by atoms with E-state index < -0.39 is 5.97 Å². The van der Waals surface area contributed by atoms with Gasteiger partial charge < -0.3 is 4.74 Å². The van der Waals surface area contributed by atoms with Crippen molar-refractivity contribution in [3.05, 3.63) is 48.0 Å². The van der Waals surface area contributed by atoms with Gasteiger partial charge in [-0.1, -0.05) is 43.8 Å². The number of nitriles is 1. The maximum Gasteiger partial charge on any atom is 0.348 e. The number of hydrogen-bond donors (Lipinski definition) is 0. The molecule has 0 saturated heterocycles. The minimum atomic E-state index is -0.648. The molecule has 82 valence electrons. The molecule has 16 heavy (non-hydrogen) atoms. The van der Waals surface area contributed by atoms with E-state index in [0.29, 0.717) is 0 Å². The second kappa shape index (κ2) is 5.72. The Balaban J connectivity index is 2.49. The molecule has 1 aromatic carbocycles. The number of nitrogens with zero attached hydrogens (tertiary/aromatic N) is 1. The molecule has 1 unspecified atom stereocenters. The van der Waals surface area contributed by atoms with Gasteiger partial charge in [-0.2, -0.15) is 5.26 Å². The van der Waals surface area contributed by atoms with E-state index in [9.17, 15) is 4.79 Å². The predicted octanol–water partition coefficient (Wildman–Crippen LogP) is 2.41. The van der Waals surface area contributed by atoms with Gasteiger partial charge in [0.2, 0.25) is 0 Å². The van der Waals surface area contributed by atoms with Crippen LogP contribution in [0.3, 0.4) is 0 Å². The summed E-state index contributed by atoms with van der Waals surface area (Å²) in [6.07, 6.45) is 0. The van der Waals surface area contributed by atoms with Crippen molar-refractivity contribution in [1.82, 2.24) is 0 Å². The van der Waals surface area contributed by atoms with Gasteiger partial charge in [-0.05, 0) is 5.56 Å². The Morgan fingerprint density at radius 3 is 2.69 bits per heavy atom. The van der Waals surface area contributed by atoms with Gasteiger partial charge >= 0.3 is 5.97 Å². The Bertz CT molecular complexity index is 417. The average molecular weight is 215 g/mol. The van der Waals surface area contributed by atoms with Gasteiger partial charge in [0.05, 0.1) is 6.61 Å². The van der Waals surface area contributed by atoms with Crippen LogP contribution in [0.2, 0.25) is 0 Å². The fourth-order valence-corrected chi connectivity index (χ4v) is 1.21. The van der Waals surface area contributed by atoms with Crippen molar-refractivity contribution in [3.63, 3.8) is 0 Å². The van der Waals surface area contributed by atoms with Gasteiger partial charge in [0.25, 0.3) is 0 Å². The van der Waals surface area contributed by atoms with Gasteiger partial charge in [0.15, 0.2) is 0 Å². The van der Waals surface area contributed by atoms with Crippen molar-refractivity contribution in [2.75, 3.05) is 6.61 Å². The maximum atomic E-state index is 11.2. The molecule has 0 spiro atoms. The summed E-state index contributed by atoms with van der Waals surface area (Å²) >= 11 is 0. The average Bonchev–Trinajstić information content (AvgIpc) is 2.35. The summed E-state index contributed by atoms with van der Waals surface area (Å²) in [7, 11) is 0. The van der Waals surface area contributed by atoms with Gasteiger partial charge in [0, 0.05) is 5.92 Å². The van der Waals surface area contributed by atoms with E-state index in [1.54, 1.807) is 6.07 Å². The van der Waals surface area contributed by atoms with E-state index in [1.807, 2.05) is 37.3 Å². The van der Waals surface area contributed by atoms with E-state index in [4.69, 9.17) is 10.00 Å². The van der Waals surface area contributed by atoms with E-state index >= 15 is 0 Å². The molecule has 0 fully saturated rings. The molecular weight excluding hydrogens is 202 g/mol. The highest BCUT2D eigenvalue weighted by Crippen LogP contribution is 2.14. The summed E-state index contributed by atoms with van der Waals surface area (Å²) in [4.78, 5) is 11.2. The standard InChI is InChI=1S/C13H13NO2/c1-10(8-14)13(15)16-9-11(2)12-6-4-3-5-7-12/h3-7,11H,1,9H2,2H3. The SMILES string of the molecule is C=C(C#N)C(=O)OCC(C)c1ccccc1. The molecule has 0 aromatic heterocycles. The van der Waals surface area contributed by atoms with Crippen LogP contribution in [0.1, 0.15) is 18.4 Å². The molecule has 0 saturated carbocycles. The molecule has 0 aliphatic carbocycles. The van der Waals surface area contributed by atoms with Crippen molar-refractivity contribution in [2.24, 2.45) is 0 Å². The van der Waals surface area contributed by atoms with Crippen LogP contribution >= 0.6 is 0 Å². The summed E-state index contributed by atoms with van der Waals surface area (Å²) in [5.41, 5.74) is 0.929. The van der Waals surface area contributed by atoms with Crippen LogP contribution in [-0.4, -0.2) is 12.6 Å². The third-order valence-electron chi connectivity index (χ3n) is 2.21. The summed E-state index contributed by atoms with van der Waals surface area (Å²) in [6, 6.07) is 11.4. The van der Waals surface area contributed by atoms with Crippen LogP contribution in [0.5, 0.6) is 0 Å². The largest absolute Gasteiger partial charge is 0.461 e. The third kappa shape index (κ3) is 3.25. The predicted molar refractivity (Wildman–Crippen MR) is 60.6 cm³/mol. The number of benzene rings is 1. The minimum Gasteiger partial charge on any atom is -0.461 e. The van der Waals surface area contributed by atoms with Gasteiger partial charge in [0.1, 0.15) is 11.6 Å². The highest BCUT2D eigenvalue weighted by atomic mass is 16.5. The van der Waals surface area contributed by atoms with Crippen LogP contribution in [0.4, 0.5) is 0 Å². The van der Waals surface area contributed by atoms with Gasteiger partial charge in [-0.3, -0.25) is 0 Å². The number of carbonyl (C=O) groups excluding carboxylic acids is 1. The zero-order valence-electron chi connectivity index (χ0n) is 9.14. The molecule has 0 bridgehead atoms. The van der Waals surface area contributed by atoms with Crippen LogP contribution in [-0.2, 0) is 9.53 Å². The number of carbonyl (C=O) groups is 1. The number of hydrogen-bond acceptors (Lipinski definition) is 3. The maximum absolute atomic E-state index is 11.2. The molecule has 0 aliphatic heterocycles. The van der Waals surface area contributed by atoms with Crippen molar-refractivity contribution < 1.29 is 9.53 Å². The van der Waals surface area contributed by atoms with Crippen LogP contribution < -0.4 is 0 Å². The highest BCUT2D eigenvalue weighted by Gasteiger charge is 2.11. The molecule has 3 nitrogen and oxygen atoms in total. The minimum absolute atomic E-state index is 0.108. The first kappa shape index (κ1) is 12.0. The zero-order chi connectivity index (χ0) is 12.0. The molecular formula is C13H13NO2. The van der Waals surface area contributed by atoms with E-state index in [1.165, 1.54) is 0 Å². The van der Waals surface area contributed by atoms with E-state index in [-0.39, 0.29) is 18.1 Å². The molecule has 0 radical (unpaired) electrons. The fraction of sp³-hybridized carbons (Fsp3) is 0.231. The van der Waals surface area contributed by atoms with Crippen molar-refractivity contribution in [1.29, 1.82) is 5.26 Å². The van der Waals surface area contributed by atoms with Crippen LogP contribution in [0.15, 0.2) is 42.5 Å². The fourth-order valence-electron chi connectivity index (χ4n) is 1.21. The quantitative estimate of drug-likeness (QED) is 0.440. The molecule has 0 aliphatic rings. The van der Waals surface area contributed by atoms with E-state index in [2.05, 4.69) is 6.58 Å². The number of ether oxygens (including phenoxy) is 1. The Morgan fingerprint density at radius 2 is 2.12 bits per heavy atom. The van der Waals surface area contributed by atoms with Crippen molar-refractivity contribution in [3.8, 4) is 6.07 Å². The first-order valence-electron chi connectivity index (χ1n) is 4.96. The third-order valence-corrected chi connectivity index (χ3v) is 2.21. The first-order chi connectivity index (χ1) is 7.65.